The zero-order chi connectivity index (χ0) is 23.2. The van der Waals surface area contributed by atoms with E-state index in [1.165, 1.54) is 36.0 Å². The van der Waals surface area contributed by atoms with Crippen molar-refractivity contribution in [2.75, 3.05) is 16.8 Å². The summed E-state index contributed by atoms with van der Waals surface area (Å²) in [6.07, 6.45) is 0. The summed E-state index contributed by atoms with van der Waals surface area (Å²) in [5.74, 6) is -0.504. The number of fused-ring (bicyclic) bond motifs is 2. The van der Waals surface area contributed by atoms with Crippen molar-refractivity contribution in [3.63, 3.8) is 0 Å². The average Bonchev–Trinajstić information content (AvgIpc) is 3.22. The quantitative estimate of drug-likeness (QED) is 0.554. The Hall–Kier alpha value is -3.32. The highest BCUT2D eigenvalue weighted by molar-refractivity contribution is 8.02. The number of rotatable bonds is 3. The van der Waals surface area contributed by atoms with Crippen molar-refractivity contribution in [3.05, 3.63) is 95.8 Å². The van der Waals surface area contributed by atoms with Crippen LogP contribution >= 0.6 is 11.8 Å². The van der Waals surface area contributed by atoms with Crippen LogP contribution in [-0.4, -0.2) is 28.1 Å². The van der Waals surface area contributed by atoms with Crippen LogP contribution in [0.4, 0.5) is 20.6 Å². The van der Waals surface area contributed by atoms with Gasteiger partial charge in [-0.25, -0.2) is 9.18 Å². The predicted molar refractivity (Wildman–Crippen MR) is 130 cm³/mol. The highest BCUT2D eigenvalue weighted by Crippen LogP contribution is 2.59. The molecular weight excluding hydrogens is 437 g/mol. The highest BCUT2D eigenvalue weighted by atomic mass is 32.2. The number of amides is 3. The van der Waals surface area contributed by atoms with Crippen LogP contribution in [0.3, 0.4) is 0 Å². The van der Waals surface area contributed by atoms with Crippen LogP contribution < -0.4 is 10.2 Å². The second kappa shape index (κ2) is 7.92. The molecule has 0 saturated carbocycles. The third-order valence-electron chi connectivity index (χ3n) is 5.96. The molecule has 1 fully saturated rings. The Labute approximate surface area is 196 Å². The van der Waals surface area contributed by atoms with Gasteiger partial charge in [-0.05, 0) is 49.7 Å². The van der Waals surface area contributed by atoms with Crippen LogP contribution in [0, 0.1) is 5.82 Å². The summed E-state index contributed by atoms with van der Waals surface area (Å²) in [7, 11) is 0. The molecule has 5 nitrogen and oxygen atoms in total. The standard InChI is InChI=1S/C26H24FN3O2S/c1-25(2)17-30(24(32)28-20-14-12-19(27)13-15-20)26(33-25)21-10-6-7-11-22(21)29(23(26)31)16-18-8-4-3-5-9-18/h3-15H,16-17H2,1-2H3,(H,28,32)/t26-/m0/s1. The van der Waals surface area contributed by atoms with Crippen molar-refractivity contribution in [1.82, 2.24) is 4.90 Å². The molecule has 3 aromatic carbocycles. The molecule has 168 valence electrons. The van der Waals surface area contributed by atoms with Gasteiger partial charge in [0.1, 0.15) is 5.82 Å². The highest BCUT2D eigenvalue weighted by Gasteiger charge is 2.63. The molecule has 0 bridgehead atoms. The lowest BCUT2D eigenvalue weighted by molar-refractivity contribution is -0.123. The Kier molecular flexibility index (Phi) is 5.16. The zero-order valence-electron chi connectivity index (χ0n) is 18.4. The molecule has 2 aliphatic rings. The predicted octanol–water partition coefficient (Wildman–Crippen LogP) is 5.58. The summed E-state index contributed by atoms with van der Waals surface area (Å²) < 4.78 is 13.0. The van der Waals surface area contributed by atoms with E-state index in [-0.39, 0.29) is 22.5 Å². The first-order valence-electron chi connectivity index (χ1n) is 10.8. The Balaban J connectivity index is 1.55. The molecule has 33 heavy (non-hydrogen) atoms. The van der Waals surface area contributed by atoms with Gasteiger partial charge >= 0.3 is 6.03 Å². The number of carbonyl (C=O) groups is 2. The summed E-state index contributed by atoms with van der Waals surface area (Å²) in [6, 6.07) is 22.8. The molecule has 5 rings (SSSR count). The summed E-state index contributed by atoms with van der Waals surface area (Å²) in [5.41, 5.74) is 3.13. The van der Waals surface area contributed by atoms with Crippen molar-refractivity contribution in [2.45, 2.75) is 30.0 Å². The Morgan fingerprint density at radius 1 is 1.00 bits per heavy atom. The molecule has 2 heterocycles. The normalized spacial score (nSPS) is 20.9. The van der Waals surface area contributed by atoms with E-state index < -0.39 is 4.87 Å². The van der Waals surface area contributed by atoms with Gasteiger partial charge in [0.25, 0.3) is 5.91 Å². The minimum Gasteiger partial charge on any atom is -0.308 e. The third kappa shape index (κ3) is 3.66. The number of hydrogen-bond acceptors (Lipinski definition) is 3. The first-order valence-corrected chi connectivity index (χ1v) is 11.6. The maximum Gasteiger partial charge on any atom is 0.323 e. The summed E-state index contributed by atoms with van der Waals surface area (Å²) >= 11 is 1.51. The second-order valence-electron chi connectivity index (χ2n) is 8.92. The monoisotopic (exact) mass is 461 g/mol. The van der Waals surface area contributed by atoms with E-state index in [0.29, 0.717) is 18.8 Å². The van der Waals surface area contributed by atoms with Gasteiger partial charge in [0.2, 0.25) is 0 Å². The van der Waals surface area contributed by atoms with Gasteiger partial charge in [0.15, 0.2) is 4.87 Å². The number of nitrogens with zero attached hydrogens (tertiary/aromatic N) is 2. The fourth-order valence-electron chi connectivity index (χ4n) is 4.60. The first kappa shape index (κ1) is 21.5. The minimum absolute atomic E-state index is 0.127. The van der Waals surface area contributed by atoms with Crippen LogP contribution in [0.2, 0.25) is 0 Å². The van der Waals surface area contributed by atoms with Crippen molar-refractivity contribution >= 4 is 35.1 Å². The molecule has 2 aliphatic heterocycles. The number of thioether (sulfide) groups is 1. The molecule has 0 radical (unpaired) electrons. The second-order valence-corrected chi connectivity index (χ2v) is 10.8. The van der Waals surface area contributed by atoms with Crippen LogP contribution in [0.15, 0.2) is 78.9 Å². The molecule has 1 atom stereocenters. The van der Waals surface area contributed by atoms with Gasteiger partial charge in [-0.15, -0.1) is 11.8 Å². The van der Waals surface area contributed by atoms with E-state index in [4.69, 9.17) is 0 Å². The third-order valence-corrected chi connectivity index (χ3v) is 7.55. The van der Waals surface area contributed by atoms with Crippen LogP contribution in [0.25, 0.3) is 0 Å². The molecule has 3 aromatic rings. The van der Waals surface area contributed by atoms with Gasteiger partial charge < -0.3 is 10.2 Å². The fraction of sp³-hybridized carbons (Fsp3) is 0.231. The van der Waals surface area contributed by atoms with Gasteiger partial charge in [-0.2, -0.15) is 0 Å². The van der Waals surface area contributed by atoms with E-state index >= 15 is 0 Å². The lowest BCUT2D eigenvalue weighted by atomic mass is 10.1. The number of hydrogen-bond donors (Lipinski definition) is 1. The van der Waals surface area contributed by atoms with Gasteiger partial charge in [0.05, 0.1) is 12.2 Å². The number of para-hydroxylation sites is 1. The number of carbonyl (C=O) groups excluding carboxylic acids is 2. The number of anilines is 2. The van der Waals surface area contributed by atoms with Gasteiger partial charge in [0, 0.05) is 22.5 Å². The van der Waals surface area contributed by atoms with Crippen LogP contribution in [0.1, 0.15) is 25.0 Å². The first-order chi connectivity index (χ1) is 15.8. The minimum atomic E-state index is -1.17. The van der Waals surface area contributed by atoms with E-state index in [9.17, 15) is 14.0 Å². The van der Waals surface area contributed by atoms with Gasteiger partial charge in [-0.1, -0.05) is 48.5 Å². The summed E-state index contributed by atoms with van der Waals surface area (Å²) in [5, 5.41) is 2.85. The number of halogens is 1. The largest absolute Gasteiger partial charge is 0.323 e. The number of urea groups is 1. The van der Waals surface area contributed by atoms with Crippen molar-refractivity contribution < 1.29 is 14.0 Å². The van der Waals surface area contributed by atoms with E-state index in [0.717, 1.165) is 16.8 Å². The molecule has 7 heteroatoms. The topological polar surface area (TPSA) is 52.7 Å². The van der Waals surface area contributed by atoms with Crippen molar-refractivity contribution in [3.8, 4) is 0 Å². The summed E-state index contributed by atoms with van der Waals surface area (Å²) in [6.45, 7) is 4.90. The maximum atomic E-state index is 14.1. The lowest BCUT2D eigenvalue weighted by Crippen LogP contribution is -2.51. The summed E-state index contributed by atoms with van der Waals surface area (Å²) in [4.78, 5) is 29.9. The Bertz CT molecular complexity index is 1220. The SMILES string of the molecule is CC1(C)CN(C(=O)Nc2ccc(F)cc2)[C@@]2(S1)C(=O)N(Cc1ccccc1)c1ccccc12. The van der Waals surface area contributed by atoms with E-state index in [1.54, 1.807) is 9.80 Å². The maximum absolute atomic E-state index is 14.1. The van der Waals surface area contributed by atoms with E-state index in [1.807, 2.05) is 68.4 Å². The molecule has 0 aliphatic carbocycles. The molecule has 3 amide bonds. The molecule has 0 unspecified atom stereocenters. The number of benzene rings is 3. The zero-order valence-corrected chi connectivity index (χ0v) is 19.2. The van der Waals surface area contributed by atoms with Crippen LogP contribution in [-0.2, 0) is 16.2 Å². The molecule has 0 aromatic heterocycles. The van der Waals surface area contributed by atoms with Crippen molar-refractivity contribution in [2.24, 2.45) is 0 Å². The number of nitrogens with one attached hydrogen (secondary N) is 1. The fourth-order valence-corrected chi connectivity index (χ4v) is 6.33. The molecule has 1 N–H and O–H groups in total. The van der Waals surface area contributed by atoms with E-state index in [2.05, 4.69) is 5.32 Å². The van der Waals surface area contributed by atoms with Crippen LogP contribution in [0.5, 0.6) is 0 Å². The lowest BCUT2D eigenvalue weighted by Gasteiger charge is -2.33. The Morgan fingerprint density at radius 3 is 2.39 bits per heavy atom. The average molecular weight is 462 g/mol. The Morgan fingerprint density at radius 2 is 1.67 bits per heavy atom. The van der Waals surface area contributed by atoms with Gasteiger partial charge in [-0.3, -0.25) is 9.69 Å². The smallest absolute Gasteiger partial charge is 0.308 e. The molecule has 1 saturated heterocycles. The molecule has 1 spiro atoms. The van der Waals surface area contributed by atoms with Crippen molar-refractivity contribution in [1.29, 1.82) is 0 Å². The molecular formula is C26H24FN3O2S.